The molecule has 1 aromatic carbocycles. The van der Waals surface area contributed by atoms with E-state index in [1.165, 1.54) is 12.1 Å². The molecular formula is C10H9F3O. The molecule has 0 saturated heterocycles. The summed E-state index contributed by atoms with van der Waals surface area (Å²) in [7, 11) is 0. The normalized spacial score (nSPS) is 26.3. The Morgan fingerprint density at radius 2 is 1.64 bits per heavy atom. The first-order valence-electron chi connectivity index (χ1n) is 4.34. The van der Waals surface area contributed by atoms with Crippen LogP contribution in [0.25, 0.3) is 0 Å². The molecule has 1 aliphatic carbocycles. The molecule has 4 heteroatoms. The summed E-state index contributed by atoms with van der Waals surface area (Å²) in [5.41, 5.74) is 0.141. The van der Waals surface area contributed by atoms with E-state index >= 15 is 0 Å². The largest absolute Gasteiger partial charge is 0.416 e. The average Bonchev–Trinajstić information content (AvgIpc) is 2.81. The molecule has 1 fully saturated rings. The van der Waals surface area contributed by atoms with E-state index in [4.69, 9.17) is 5.11 Å². The predicted octanol–water partition coefficient (Wildman–Crippen LogP) is 2.55. The molecule has 2 rings (SSSR count). The number of aliphatic hydroxyl groups is 1. The summed E-state index contributed by atoms with van der Waals surface area (Å²) in [6.45, 7) is 0. The highest BCUT2D eigenvalue weighted by Crippen LogP contribution is 2.41. The molecule has 76 valence electrons. The summed E-state index contributed by atoms with van der Waals surface area (Å²) in [5, 5.41) is 9.09. The summed E-state index contributed by atoms with van der Waals surface area (Å²) in [6, 6.07) is 4.98. The van der Waals surface area contributed by atoms with Gasteiger partial charge in [-0.2, -0.15) is 13.2 Å². The maximum absolute atomic E-state index is 12.2. The van der Waals surface area contributed by atoms with E-state index in [9.17, 15) is 13.2 Å². The van der Waals surface area contributed by atoms with Crippen LogP contribution in [0, 0.1) is 0 Å². The van der Waals surface area contributed by atoms with E-state index in [0.29, 0.717) is 6.42 Å². The Morgan fingerprint density at radius 1 is 1.14 bits per heavy atom. The molecule has 1 aliphatic rings. The highest BCUT2D eigenvalue weighted by molar-refractivity contribution is 5.31. The van der Waals surface area contributed by atoms with Crippen molar-refractivity contribution >= 4 is 0 Å². The summed E-state index contributed by atoms with van der Waals surface area (Å²) < 4.78 is 36.5. The second-order valence-electron chi connectivity index (χ2n) is 3.53. The lowest BCUT2D eigenvalue weighted by Gasteiger charge is -2.06. The van der Waals surface area contributed by atoms with Gasteiger partial charge in [0.1, 0.15) is 0 Å². The third kappa shape index (κ3) is 1.75. The van der Waals surface area contributed by atoms with Crippen molar-refractivity contribution in [3.05, 3.63) is 35.4 Å². The Labute approximate surface area is 79.2 Å². The molecular weight excluding hydrogens is 193 g/mol. The fourth-order valence-corrected chi connectivity index (χ4v) is 1.46. The van der Waals surface area contributed by atoms with Crippen molar-refractivity contribution in [2.75, 3.05) is 0 Å². The third-order valence-electron chi connectivity index (χ3n) is 2.42. The Bertz CT molecular complexity index is 328. The van der Waals surface area contributed by atoms with Gasteiger partial charge in [0.2, 0.25) is 0 Å². The van der Waals surface area contributed by atoms with Crippen molar-refractivity contribution in [2.45, 2.75) is 24.6 Å². The zero-order valence-corrected chi connectivity index (χ0v) is 7.25. The van der Waals surface area contributed by atoms with Crippen molar-refractivity contribution < 1.29 is 18.3 Å². The van der Waals surface area contributed by atoms with Crippen molar-refractivity contribution in [1.82, 2.24) is 0 Å². The van der Waals surface area contributed by atoms with Crippen LogP contribution < -0.4 is 0 Å². The number of alkyl halides is 3. The van der Waals surface area contributed by atoms with E-state index in [-0.39, 0.29) is 12.0 Å². The second kappa shape index (κ2) is 2.98. The first kappa shape index (κ1) is 9.52. The topological polar surface area (TPSA) is 20.2 Å². The van der Waals surface area contributed by atoms with Crippen LogP contribution in [0.15, 0.2) is 24.3 Å². The van der Waals surface area contributed by atoms with Gasteiger partial charge in [0.05, 0.1) is 11.7 Å². The van der Waals surface area contributed by atoms with Gasteiger partial charge in [-0.05, 0) is 24.1 Å². The van der Waals surface area contributed by atoms with Gasteiger partial charge in [-0.1, -0.05) is 12.1 Å². The lowest BCUT2D eigenvalue weighted by molar-refractivity contribution is -0.137. The fraction of sp³-hybridized carbons (Fsp3) is 0.400. The van der Waals surface area contributed by atoms with Crippen LogP contribution >= 0.6 is 0 Å². The lowest BCUT2D eigenvalue weighted by Crippen LogP contribution is -2.04. The molecule has 2 unspecified atom stereocenters. The maximum Gasteiger partial charge on any atom is 0.416 e. The van der Waals surface area contributed by atoms with Crippen LogP contribution in [0.1, 0.15) is 23.5 Å². The Hall–Kier alpha value is -1.03. The van der Waals surface area contributed by atoms with E-state index in [2.05, 4.69) is 0 Å². The molecule has 0 aliphatic heterocycles. The minimum atomic E-state index is -4.28. The molecule has 0 amide bonds. The first-order valence-corrected chi connectivity index (χ1v) is 4.34. The molecule has 0 aromatic heterocycles. The van der Waals surface area contributed by atoms with Gasteiger partial charge in [-0.25, -0.2) is 0 Å². The molecule has 14 heavy (non-hydrogen) atoms. The van der Waals surface area contributed by atoms with E-state index in [1.807, 2.05) is 0 Å². The smallest absolute Gasteiger partial charge is 0.392 e. The monoisotopic (exact) mass is 202 g/mol. The molecule has 1 N–H and O–H groups in total. The van der Waals surface area contributed by atoms with Gasteiger partial charge in [0, 0.05) is 5.92 Å². The van der Waals surface area contributed by atoms with Crippen LogP contribution in [-0.2, 0) is 6.18 Å². The Balaban J connectivity index is 2.18. The average molecular weight is 202 g/mol. The summed E-state index contributed by atoms with van der Waals surface area (Å²) in [4.78, 5) is 0. The number of hydrogen-bond acceptors (Lipinski definition) is 1. The molecule has 1 nitrogen and oxygen atoms in total. The first-order chi connectivity index (χ1) is 6.48. The molecule has 1 aromatic rings. The maximum atomic E-state index is 12.2. The zero-order valence-electron chi connectivity index (χ0n) is 7.25. The number of halogens is 3. The van der Waals surface area contributed by atoms with Gasteiger partial charge >= 0.3 is 6.18 Å². The zero-order chi connectivity index (χ0) is 10.3. The van der Waals surface area contributed by atoms with Gasteiger partial charge in [0.15, 0.2) is 0 Å². The van der Waals surface area contributed by atoms with Gasteiger partial charge in [0.25, 0.3) is 0 Å². The van der Waals surface area contributed by atoms with E-state index < -0.39 is 11.7 Å². The van der Waals surface area contributed by atoms with E-state index in [1.54, 1.807) is 0 Å². The third-order valence-corrected chi connectivity index (χ3v) is 2.42. The van der Waals surface area contributed by atoms with Crippen molar-refractivity contribution in [2.24, 2.45) is 0 Å². The Kier molecular flexibility index (Phi) is 2.03. The lowest BCUT2D eigenvalue weighted by atomic mass is 10.1. The second-order valence-corrected chi connectivity index (χ2v) is 3.53. The number of hydrogen-bond donors (Lipinski definition) is 1. The SMILES string of the molecule is OC1CC1c1ccc(C(F)(F)F)cc1. The summed E-state index contributed by atoms with van der Waals surface area (Å²) >= 11 is 0. The minimum Gasteiger partial charge on any atom is -0.392 e. The highest BCUT2D eigenvalue weighted by Gasteiger charge is 2.37. The number of rotatable bonds is 1. The van der Waals surface area contributed by atoms with Crippen molar-refractivity contribution in [3.8, 4) is 0 Å². The van der Waals surface area contributed by atoms with Crippen molar-refractivity contribution in [3.63, 3.8) is 0 Å². The Morgan fingerprint density at radius 3 is 2.00 bits per heavy atom. The number of benzene rings is 1. The quantitative estimate of drug-likeness (QED) is 0.742. The molecule has 0 radical (unpaired) electrons. The van der Waals surface area contributed by atoms with Gasteiger partial charge < -0.3 is 5.11 Å². The van der Waals surface area contributed by atoms with Crippen LogP contribution in [-0.4, -0.2) is 11.2 Å². The molecule has 2 atom stereocenters. The van der Waals surface area contributed by atoms with Crippen LogP contribution in [0.5, 0.6) is 0 Å². The van der Waals surface area contributed by atoms with Crippen LogP contribution in [0.2, 0.25) is 0 Å². The molecule has 0 heterocycles. The van der Waals surface area contributed by atoms with Crippen LogP contribution in [0.4, 0.5) is 13.2 Å². The fourth-order valence-electron chi connectivity index (χ4n) is 1.46. The minimum absolute atomic E-state index is 0.0392. The van der Waals surface area contributed by atoms with Crippen LogP contribution in [0.3, 0.4) is 0 Å². The predicted molar refractivity (Wildman–Crippen MR) is 44.8 cm³/mol. The molecule has 0 spiro atoms. The van der Waals surface area contributed by atoms with Gasteiger partial charge in [-0.15, -0.1) is 0 Å². The van der Waals surface area contributed by atoms with Crippen molar-refractivity contribution in [1.29, 1.82) is 0 Å². The molecule has 0 bridgehead atoms. The summed E-state index contributed by atoms with van der Waals surface area (Å²) in [6.07, 6.45) is -3.99. The van der Waals surface area contributed by atoms with E-state index in [0.717, 1.165) is 17.7 Å². The number of aliphatic hydroxyl groups excluding tert-OH is 1. The molecule has 1 saturated carbocycles. The standard InChI is InChI=1S/C10H9F3O/c11-10(12,13)7-3-1-6(2-4-7)8-5-9(8)14/h1-4,8-9,14H,5H2. The summed E-state index contributed by atoms with van der Waals surface area (Å²) in [5.74, 6) is 0.0392. The highest BCUT2D eigenvalue weighted by atomic mass is 19.4. The van der Waals surface area contributed by atoms with Gasteiger partial charge in [-0.3, -0.25) is 0 Å².